The molecule has 2 aliphatic rings. The molecule has 0 saturated carbocycles. The van der Waals surface area contributed by atoms with Crippen molar-refractivity contribution in [2.24, 2.45) is 0 Å². The molecule has 8 aromatic carbocycles. The smallest absolute Gasteiger partial charge is 0.0626 e. The molecule has 1 heteroatoms. The second kappa shape index (κ2) is 11.9. The zero-order valence-corrected chi connectivity index (χ0v) is 27.9. The molecule has 0 saturated heterocycles. The molecule has 0 fully saturated rings. The Morgan fingerprint density at radius 3 is 1.86 bits per heavy atom. The molecule has 0 aliphatic heterocycles. The molecule has 1 atom stereocenters. The Kier molecular flexibility index (Phi) is 6.15. The first-order chi connectivity index (χ1) is 26.4. The highest BCUT2D eigenvalue weighted by atomic mass is 15.1. The first-order valence-electron chi connectivity index (χ1n) is 19.0. The number of benzene rings is 8. The maximum Gasteiger partial charge on any atom is 0.0626 e. The van der Waals surface area contributed by atoms with E-state index >= 15 is 0 Å². The van der Waals surface area contributed by atoms with E-state index in [-0.39, 0.29) is 6.05 Å². The van der Waals surface area contributed by atoms with E-state index in [0.29, 0.717) is 0 Å². The molecule has 0 N–H and O–H groups in total. The highest BCUT2D eigenvalue weighted by Crippen LogP contribution is 2.57. The van der Waals surface area contributed by atoms with Gasteiger partial charge in [-0.15, -0.1) is 0 Å². The zero-order chi connectivity index (χ0) is 36.4. The summed E-state index contributed by atoms with van der Waals surface area (Å²) >= 11 is 0. The second-order valence-electron chi connectivity index (χ2n) is 13.3. The van der Waals surface area contributed by atoms with Gasteiger partial charge in [-0.1, -0.05) is 164 Å². The molecular formula is C50H35N. The van der Waals surface area contributed by atoms with Crippen LogP contribution in [0.4, 0.5) is 17.1 Å². The van der Waals surface area contributed by atoms with Crippen LogP contribution >= 0.6 is 0 Å². The van der Waals surface area contributed by atoms with Crippen LogP contribution in [0.15, 0.2) is 194 Å². The topological polar surface area (TPSA) is 3.24 Å². The van der Waals surface area contributed by atoms with Crippen molar-refractivity contribution in [1.29, 1.82) is 0 Å². The van der Waals surface area contributed by atoms with Crippen LogP contribution in [0.2, 0.25) is 0 Å². The van der Waals surface area contributed by atoms with Crippen molar-refractivity contribution in [3.8, 4) is 33.4 Å². The van der Waals surface area contributed by atoms with Crippen molar-refractivity contribution in [2.45, 2.75) is 11.8 Å². The third kappa shape index (κ3) is 4.70. The first-order valence-corrected chi connectivity index (χ1v) is 17.5. The quantitative estimate of drug-likeness (QED) is 0.179. The fourth-order valence-corrected chi connectivity index (χ4v) is 8.24. The minimum absolute atomic E-state index is 0.217. The molecule has 10 rings (SSSR count). The fourth-order valence-electron chi connectivity index (χ4n) is 8.24. The largest absolute Gasteiger partial charge is 0.310 e. The van der Waals surface area contributed by atoms with Gasteiger partial charge in [0.2, 0.25) is 0 Å². The number of anilines is 3. The van der Waals surface area contributed by atoms with Crippen LogP contribution in [0.25, 0.3) is 50.2 Å². The van der Waals surface area contributed by atoms with Gasteiger partial charge in [0.1, 0.15) is 0 Å². The molecule has 1 nitrogen and oxygen atoms in total. The van der Waals surface area contributed by atoms with E-state index in [1.165, 1.54) is 22.4 Å². The van der Waals surface area contributed by atoms with Gasteiger partial charge in [0.05, 0.1) is 6.79 Å². The highest BCUT2D eigenvalue weighted by Gasteiger charge is 2.46. The van der Waals surface area contributed by atoms with E-state index in [9.17, 15) is 2.74 Å². The molecule has 2 aliphatic carbocycles. The monoisotopic (exact) mass is 652 g/mol. The average molecular weight is 653 g/mol. The molecule has 51 heavy (non-hydrogen) atoms. The molecule has 0 radical (unpaired) electrons. The van der Waals surface area contributed by atoms with Crippen molar-refractivity contribution in [2.75, 3.05) is 4.90 Å². The Bertz CT molecular complexity index is 2750. The Labute approximate surface area is 303 Å². The average Bonchev–Trinajstić information content (AvgIpc) is 3.52. The van der Waals surface area contributed by atoms with Gasteiger partial charge in [-0.25, -0.2) is 0 Å². The predicted molar refractivity (Wildman–Crippen MR) is 215 cm³/mol. The molecule has 1 spiro atoms. The van der Waals surface area contributed by atoms with Crippen LogP contribution in [-0.2, 0) is 5.41 Å². The maximum atomic E-state index is 9.72. The molecule has 0 aromatic heterocycles. The van der Waals surface area contributed by atoms with Crippen LogP contribution in [0, 0.1) is 0 Å². The van der Waals surface area contributed by atoms with E-state index in [0.717, 1.165) is 67.1 Å². The van der Waals surface area contributed by atoms with Gasteiger partial charge < -0.3 is 4.90 Å². The van der Waals surface area contributed by atoms with Crippen LogP contribution in [0.1, 0.15) is 32.7 Å². The zero-order valence-electron chi connectivity index (χ0n) is 30.9. The lowest BCUT2D eigenvalue weighted by Crippen LogP contribution is -2.29. The van der Waals surface area contributed by atoms with Crippen LogP contribution < -0.4 is 4.90 Å². The summed E-state index contributed by atoms with van der Waals surface area (Å²) in [6.45, 7) is 0. The van der Waals surface area contributed by atoms with Gasteiger partial charge >= 0.3 is 0 Å². The third-order valence-corrected chi connectivity index (χ3v) is 10.6. The minimum atomic E-state index is -1.87. The maximum absolute atomic E-state index is 9.72. The van der Waals surface area contributed by atoms with Gasteiger partial charge in [0.25, 0.3) is 0 Å². The fraction of sp³-hybridized carbons (Fsp3) is 0.0400. The van der Waals surface area contributed by atoms with Crippen molar-refractivity contribution in [1.82, 2.24) is 0 Å². The van der Waals surface area contributed by atoms with Gasteiger partial charge in [-0.3, -0.25) is 0 Å². The summed E-state index contributed by atoms with van der Waals surface area (Å²) in [5.41, 5.74) is 11.9. The minimum Gasteiger partial charge on any atom is -0.310 e. The predicted octanol–water partition coefficient (Wildman–Crippen LogP) is 13.4. The molecule has 8 aromatic rings. The van der Waals surface area contributed by atoms with E-state index in [1.54, 1.807) is 0 Å². The Balaban J connectivity index is 1.17. The van der Waals surface area contributed by atoms with Gasteiger partial charge in [0.15, 0.2) is 0 Å². The number of allylic oxidation sites excluding steroid dienone is 1. The number of hydrogen-bond donors (Lipinski definition) is 0. The number of hydrogen-bond acceptors (Lipinski definition) is 1. The summed E-state index contributed by atoms with van der Waals surface area (Å²) in [5, 5.41) is 2.43. The molecule has 0 amide bonds. The van der Waals surface area contributed by atoms with Crippen molar-refractivity contribution < 1.29 is 4.11 Å². The molecule has 240 valence electrons. The molecule has 0 bridgehead atoms. The summed E-state index contributed by atoms with van der Waals surface area (Å²) in [6.07, 6.45) is -0.360. The number of nitrogens with zero attached hydrogens (tertiary/aromatic N) is 1. The second-order valence-corrected chi connectivity index (χ2v) is 13.3. The van der Waals surface area contributed by atoms with Gasteiger partial charge in [-0.2, -0.15) is 0 Å². The molecule has 0 heterocycles. The first kappa shape index (κ1) is 26.4. The van der Waals surface area contributed by atoms with Crippen molar-refractivity contribution in [3.05, 3.63) is 216 Å². The lowest BCUT2D eigenvalue weighted by atomic mass is 9.66. The summed E-state index contributed by atoms with van der Waals surface area (Å²) in [7, 11) is 0. The Hall–Kier alpha value is -6.44. The van der Waals surface area contributed by atoms with Crippen molar-refractivity contribution in [3.63, 3.8) is 0 Å². The standard InChI is InChI=1S/C50H35N/c1-2-12-35(13-3-1)36-23-27-40(28-24-36)51(41-29-25-38(26-30-41)44-20-10-16-37-14-4-6-18-43(37)44)42-31-32-46-45-19-7-9-22-48(45)50(49(46)34-42)33-11-17-39-15-5-8-21-47(39)50/h1-32,34H,33H2/i17D,33D2. The normalized spacial score (nSPS) is 17.4. The summed E-state index contributed by atoms with van der Waals surface area (Å²) in [4.78, 5) is 2.27. The summed E-state index contributed by atoms with van der Waals surface area (Å²) in [5.74, 6) is 0. The van der Waals surface area contributed by atoms with Crippen molar-refractivity contribution >= 4 is 33.9 Å². The Morgan fingerprint density at radius 2 is 1.04 bits per heavy atom. The SMILES string of the molecule is [2H]C1=CC([2H])([2H])C2(c3ccccc31)c1ccccc1-c1ccc(N(c3ccc(-c4ccccc4)cc3)c3ccc(-c4cccc5ccccc45)cc3)cc12. The number of fused-ring (bicyclic) bond motifs is 8. The highest BCUT2D eigenvalue weighted by molar-refractivity contribution is 5.97. The van der Waals surface area contributed by atoms with E-state index < -0.39 is 11.8 Å². The Morgan fingerprint density at radius 1 is 0.451 bits per heavy atom. The molecule has 1 unspecified atom stereocenters. The molecular weight excluding hydrogens is 615 g/mol. The van der Waals surface area contributed by atoms with Gasteiger partial charge in [0, 0.05) is 19.8 Å². The van der Waals surface area contributed by atoms with E-state index in [1.807, 2.05) is 42.5 Å². The van der Waals surface area contributed by atoms with Crippen LogP contribution in [0.3, 0.4) is 0 Å². The lowest BCUT2D eigenvalue weighted by Gasteiger charge is -2.36. The van der Waals surface area contributed by atoms with Gasteiger partial charge in [-0.05, 0) is 109 Å². The number of rotatable bonds is 5. The lowest BCUT2D eigenvalue weighted by molar-refractivity contribution is 0.638. The van der Waals surface area contributed by atoms with Crippen LogP contribution in [0.5, 0.6) is 0 Å². The van der Waals surface area contributed by atoms with E-state index in [2.05, 4.69) is 150 Å². The third-order valence-electron chi connectivity index (χ3n) is 10.6. The summed E-state index contributed by atoms with van der Waals surface area (Å²) in [6, 6.07) is 65.6. The van der Waals surface area contributed by atoms with Crippen LogP contribution in [-0.4, -0.2) is 0 Å². The van der Waals surface area contributed by atoms with E-state index in [4.69, 9.17) is 1.37 Å². The summed E-state index contributed by atoms with van der Waals surface area (Å²) < 4.78 is 28.3.